The third-order valence-corrected chi connectivity index (χ3v) is 0.766. The molecule has 0 saturated carbocycles. The lowest BCUT2D eigenvalue weighted by atomic mass is 10.4. The summed E-state index contributed by atoms with van der Waals surface area (Å²) in [5.74, 6) is -0.469. The fourth-order valence-electron chi connectivity index (χ4n) is 0.371. The normalized spacial score (nSPS) is 9.70. The Morgan fingerprint density at radius 3 is 2.80 bits per heavy atom. The van der Waals surface area contributed by atoms with Crippen LogP contribution < -0.4 is 5.32 Å². The van der Waals surface area contributed by atoms with E-state index in [1.54, 1.807) is 0 Å². The van der Waals surface area contributed by atoms with Gasteiger partial charge >= 0.3 is 0 Å². The van der Waals surface area contributed by atoms with Gasteiger partial charge in [-0.1, -0.05) is 6.08 Å². The van der Waals surface area contributed by atoms with Crippen molar-refractivity contribution in [2.45, 2.75) is 6.42 Å². The Morgan fingerprint density at radius 2 is 2.30 bits per heavy atom. The van der Waals surface area contributed by atoms with Crippen molar-refractivity contribution in [2.75, 3.05) is 6.61 Å². The van der Waals surface area contributed by atoms with Crippen molar-refractivity contribution in [1.82, 2.24) is 5.32 Å². The lowest BCUT2D eigenvalue weighted by Crippen LogP contribution is -2.18. The molecule has 0 heterocycles. The second-order valence-corrected chi connectivity index (χ2v) is 1.54. The Morgan fingerprint density at radius 1 is 1.60 bits per heavy atom. The van der Waals surface area contributed by atoms with Crippen molar-refractivity contribution < 1.29 is 14.7 Å². The molecular formula is C6H9NO3. The van der Waals surface area contributed by atoms with E-state index in [1.807, 2.05) is 5.32 Å². The van der Waals surface area contributed by atoms with Crippen LogP contribution in [0.5, 0.6) is 0 Å². The molecule has 2 N–H and O–H groups in total. The summed E-state index contributed by atoms with van der Waals surface area (Å²) in [6.45, 7) is 0.00483. The molecule has 4 nitrogen and oxygen atoms in total. The molecule has 0 atom stereocenters. The molecule has 0 fully saturated rings. The largest absolute Gasteiger partial charge is 0.396 e. The summed E-state index contributed by atoms with van der Waals surface area (Å²) in [7, 11) is 0. The van der Waals surface area contributed by atoms with E-state index in [9.17, 15) is 9.59 Å². The Labute approximate surface area is 58.5 Å². The molecule has 0 rings (SSSR count). The van der Waals surface area contributed by atoms with E-state index in [0.717, 1.165) is 0 Å². The monoisotopic (exact) mass is 143 g/mol. The van der Waals surface area contributed by atoms with Gasteiger partial charge in [0.1, 0.15) is 0 Å². The third kappa shape index (κ3) is 4.99. The number of aliphatic hydroxyl groups is 1. The summed E-state index contributed by atoms with van der Waals surface area (Å²) in [5, 5.41) is 10.2. The van der Waals surface area contributed by atoms with Crippen molar-refractivity contribution in [3.8, 4) is 0 Å². The molecule has 56 valence electrons. The molecule has 0 bridgehead atoms. The van der Waals surface area contributed by atoms with Crippen molar-refractivity contribution >= 4 is 12.3 Å². The maximum atomic E-state index is 10.4. The van der Waals surface area contributed by atoms with Gasteiger partial charge in [-0.05, 0) is 12.5 Å². The standard InChI is InChI=1S/C6H9NO3/c8-4-2-1-3-6(10)7-5-9/h1,3,5,8H,2,4H2,(H,7,9,10). The first kappa shape index (κ1) is 8.84. The summed E-state index contributed by atoms with van der Waals surface area (Å²) >= 11 is 0. The van der Waals surface area contributed by atoms with Crippen molar-refractivity contribution in [3.05, 3.63) is 12.2 Å². The van der Waals surface area contributed by atoms with Crippen LogP contribution in [0.3, 0.4) is 0 Å². The zero-order valence-corrected chi connectivity index (χ0v) is 5.41. The maximum Gasteiger partial charge on any atom is 0.250 e. The number of carbonyl (C=O) groups is 2. The van der Waals surface area contributed by atoms with E-state index in [-0.39, 0.29) is 6.61 Å². The van der Waals surface area contributed by atoms with E-state index in [2.05, 4.69) is 0 Å². The van der Waals surface area contributed by atoms with E-state index in [4.69, 9.17) is 5.11 Å². The van der Waals surface area contributed by atoms with Gasteiger partial charge in [-0.3, -0.25) is 14.9 Å². The van der Waals surface area contributed by atoms with Crippen LogP contribution in [0.25, 0.3) is 0 Å². The van der Waals surface area contributed by atoms with Gasteiger partial charge in [-0.15, -0.1) is 0 Å². The molecule has 0 aliphatic rings. The molecule has 0 radical (unpaired) electrons. The van der Waals surface area contributed by atoms with Gasteiger partial charge in [-0.25, -0.2) is 0 Å². The highest BCUT2D eigenvalue weighted by Gasteiger charge is 1.88. The van der Waals surface area contributed by atoms with Gasteiger partial charge in [0.2, 0.25) is 12.3 Å². The van der Waals surface area contributed by atoms with Crippen LogP contribution in [0.4, 0.5) is 0 Å². The maximum absolute atomic E-state index is 10.4. The minimum atomic E-state index is -0.469. The zero-order valence-electron chi connectivity index (χ0n) is 5.41. The van der Waals surface area contributed by atoms with Crippen LogP contribution in [0.2, 0.25) is 0 Å². The molecule has 0 saturated heterocycles. The van der Waals surface area contributed by atoms with Crippen LogP contribution in [0, 0.1) is 0 Å². The number of imide groups is 1. The highest BCUT2D eigenvalue weighted by molar-refractivity contribution is 5.94. The summed E-state index contributed by atoms with van der Waals surface area (Å²) in [6, 6.07) is 0. The first-order valence-electron chi connectivity index (χ1n) is 2.82. The van der Waals surface area contributed by atoms with Gasteiger partial charge in [0.25, 0.3) is 0 Å². The minimum Gasteiger partial charge on any atom is -0.396 e. The second kappa shape index (κ2) is 5.97. The number of carbonyl (C=O) groups excluding carboxylic acids is 2. The van der Waals surface area contributed by atoms with Crippen LogP contribution in [-0.4, -0.2) is 24.0 Å². The van der Waals surface area contributed by atoms with Crippen molar-refractivity contribution in [1.29, 1.82) is 0 Å². The van der Waals surface area contributed by atoms with Gasteiger partial charge in [0, 0.05) is 6.61 Å². The molecule has 4 heteroatoms. The summed E-state index contributed by atoms with van der Waals surface area (Å²) in [6.07, 6.45) is 3.42. The van der Waals surface area contributed by atoms with Crippen LogP contribution in [0.1, 0.15) is 6.42 Å². The van der Waals surface area contributed by atoms with Gasteiger partial charge in [-0.2, -0.15) is 0 Å². The van der Waals surface area contributed by atoms with Crippen LogP contribution in [-0.2, 0) is 9.59 Å². The molecule has 0 aromatic heterocycles. The Hall–Kier alpha value is -1.16. The lowest BCUT2D eigenvalue weighted by molar-refractivity contribution is -0.121. The quantitative estimate of drug-likeness (QED) is 0.400. The fraction of sp³-hybridized carbons (Fsp3) is 0.333. The van der Waals surface area contributed by atoms with Crippen molar-refractivity contribution in [3.63, 3.8) is 0 Å². The molecule has 0 aromatic carbocycles. The molecule has 2 amide bonds. The Kier molecular flexibility index (Phi) is 5.28. The predicted molar refractivity (Wildman–Crippen MR) is 35.0 cm³/mol. The van der Waals surface area contributed by atoms with E-state index < -0.39 is 5.91 Å². The summed E-state index contributed by atoms with van der Waals surface area (Å²) < 4.78 is 0. The van der Waals surface area contributed by atoms with Crippen molar-refractivity contribution in [2.24, 2.45) is 0 Å². The molecule has 0 spiro atoms. The molecule has 0 aliphatic heterocycles. The smallest absolute Gasteiger partial charge is 0.250 e. The van der Waals surface area contributed by atoms with Gasteiger partial charge < -0.3 is 5.11 Å². The van der Waals surface area contributed by atoms with E-state index >= 15 is 0 Å². The SMILES string of the molecule is O=CNC(=O)C=CCCO. The number of hydrogen-bond donors (Lipinski definition) is 2. The molecule has 10 heavy (non-hydrogen) atoms. The topological polar surface area (TPSA) is 66.4 Å². The fourth-order valence-corrected chi connectivity index (χ4v) is 0.371. The molecular weight excluding hydrogens is 134 g/mol. The molecule has 0 aromatic rings. The van der Waals surface area contributed by atoms with Gasteiger partial charge in [0.15, 0.2) is 0 Å². The number of aliphatic hydroxyl groups excluding tert-OH is 1. The Bertz CT molecular complexity index is 142. The highest BCUT2D eigenvalue weighted by atomic mass is 16.2. The average Bonchev–Trinajstić information content (AvgIpc) is 1.89. The molecule has 0 aliphatic carbocycles. The zero-order chi connectivity index (χ0) is 7.82. The minimum absolute atomic E-state index is 0.00483. The number of hydrogen-bond acceptors (Lipinski definition) is 3. The number of rotatable bonds is 4. The van der Waals surface area contributed by atoms with Crippen LogP contribution >= 0.6 is 0 Å². The highest BCUT2D eigenvalue weighted by Crippen LogP contribution is 1.78. The first-order chi connectivity index (χ1) is 4.81. The van der Waals surface area contributed by atoms with Gasteiger partial charge in [0.05, 0.1) is 0 Å². The third-order valence-electron chi connectivity index (χ3n) is 0.766. The van der Waals surface area contributed by atoms with E-state index in [0.29, 0.717) is 12.8 Å². The first-order valence-corrected chi connectivity index (χ1v) is 2.82. The molecule has 0 unspecified atom stereocenters. The van der Waals surface area contributed by atoms with E-state index in [1.165, 1.54) is 12.2 Å². The summed E-state index contributed by atoms with van der Waals surface area (Å²) in [5.41, 5.74) is 0. The second-order valence-electron chi connectivity index (χ2n) is 1.54. The van der Waals surface area contributed by atoms with Crippen LogP contribution in [0.15, 0.2) is 12.2 Å². The number of amides is 2. The average molecular weight is 143 g/mol. The summed E-state index contributed by atoms with van der Waals surface area (Å²) in [4.78, 5) is 20.0. The predicted octanol–water partition coefficient (Wildman–Crippen LogP) is -0.802. The number of nitrogens with one attached hydrogen (secondary N) is 1. The Balaban J connectivity index is 3.45. The lowest BCUT2D eigenvalue weighted by Gasteiger charge is -1.86.